The van der Waals surface area contributed by atoms with Gasteiger partial charge >= 0.3 is 6.03 Å². The minimum absolute atomic E-state index is 0.0895. The molecule has 1 saturated carbocycles. The van der Waals surface area contributed by atoms with Crippen molar-refractivity contribution in [1.82, 2.24) is 19.7 Å². The highest BCUT2D eigenvalue weighted by molar-refractivity contribution is 7.97. The molecule has 6 rings (SSSR count). The zero-order valence-corrected chi connectivity index (χ0v) is 25.3. The first kappa shape index (κ1) is 27.5. The molecule has 3 aliphatic rings. The van der Waals surface area contributed by atoms with E-state index in [1.807, 2.05) is 7.05 Å². The van der Waals surface area contributed by atoms with E-state index >= 15 is 0 Å². The molecule has 1 fully saturated rings. The van der Waals surface area contributed by atoms with Crippen molar-refractivity contribution in [3.8, 4) is 17.0 Å². The average Bonchev–Trinajstić information content (AvgIpc) is 3.25. The van der Waals surface area contributed by atoms with Gasteiger partial charge in [0, 0.05) is 47.9 Å². The van der Waals surface area contributed by atoms with Gasteiger partial charge in [0.2, 0.25) is 0 Å². The number of hydrazine groups is 1. The van der Waals surface area contributed by atoms with Gasteiger partial charge in [0.25, 0.3) is 0 Å². The Morgan fingerprint density at radius 1 is 1.10 bits per heavy atom. The lowest BCUT2D eigenvalue weighted by atomic mass is 9.81. The summed E-state index contributed by atoms with van der Waals surface area (Å²) in [6.45, 7) is 9.96. The fraction of sp³-hybridized carbons (Fsp3) is 0.531. The molecule has 2 amide bonds. The topological polar surface area (TPSA) is 61.8 Å². The zero-order chi connectivity index (χ0) is 28.0. The molecule has 2 aromatic carbocycles. The SMILES string of the molecule is CCSN1NC(C)(C)NC(C)[C@@H]2COc3ccccc3-c3c(C4CCCCC4)c4ccc(cc4n3C2)N(C)C1=O. The highest BCUT2D eigenvalue weighted by atomic mass is 32.2. The Bertz CT molecular complexity index is 1400. The highest BCUT2D eigenvalue weighted by Gasteiger charge is 2.35. The van der Waals surface area contributed by atoms with Crippen LogP contribution in [0.15, 0.2) is 42.5 Å². The first-order chi connectivity index (χ1) is 19.3. The predicted octanol–water partition coefficient (Wildman–Crippen LogP) is 7.12. The summed E-state index contributed by atoms with van der Waals surface area (Å²) in [6, 6.07) is 15.2. The molecule has 2 N–H and O–H groups in total. The quantitative estimate of drug-likeness (QED) is 0.333. The maximum atomic E-state index is 13.8. The lowest BCUT2D eigenvalue weighted by molar-refractivity contribution is 0.137. The van der Waals surface area contributed by atoms with Crippen LogP contribution in [-0.2, 0) is 6.54 Å². The second-order valence-corrected chi connectivity index (χ2v) is 13.4. The van der Waals surface area contributed by atoms with Gasteiger partial charge in [0.15, 0.2) is 0 Å². The van der Waals surface area contributed by atoms with Crippen molar-refractivity contribution in [3.63, 3.8) is 0 Å². The van der Waals surface area contributed by atoms with E-state index < -0.39 is 5.66 Å². The molecule has 0 saturated heterocycles. The number of aromatic nitrogens is 1. The monoisotopic (exact) mass is 561 g/mol. The summed E-state index contributed by atoms with van der Waals surface area (Å²) < 4.78 is 10.8. The Kier molecular flexibility index (Phi) is 7.53. The van der Waals surface area contributed by atoms with Crippen molar-refractivity contribution in [1.29, 1.82) is 0 Å². The maximum Gasteiger partial charge on any atom is 0.349 e. The van der Waals surface area contributed by atoms with Gasteiger partial charge in [-0.05, 0) is 81.3 Å². The number of anilines is 1. The van der Waals surface area contributed by atoms with Gasteiger partial charge in [0.05, 0.1) is 23.5 Å². The average molecular weight is 562 g/mol. The minimum Gasteiger partial charge on any atom is -0.492 e. The lowest BCUT2D eigenvalue weighted by Crippen LogP contribution is -2.63. The summed E-state index contributed by atoms with van der Waals surface area (Å²) in [4.78, 5) is 15.6. The number of nitrogens with zero attached hydrogens (tertiary/aromatic N) is 3. The second kappa shape index (κ2) is 11.0. The van der Waals surface area contributed by atoms with E-state index in [2.05, 4.69) is 85.5 Å². The lowest BCUT2D eigenvalue weighted by Gasteiger charge is -2.39. The molecule has 40 heavy (non-hydrogen) atoms. The van der Waals surface area contributed by atoms with Crippen molar-refractivity contribution >= 4 is 34.6 Å². The molecule has 3 heterocycles. The largest absolute Gasteiger partial charge is 0.492 e. The number of nitrogens with one attached hydrogen (secondary N) is 2. The normalized spacial score (nSPS) is 23.7. The summed E-state index contributed by atoms with van der Waals surface area (Å²) in [7, 11) is 1.88. The predicted molar refractivity (Wildman–Crippen MR) is 166 cm³/mol. The third-order valence-corrected chi connectivity index (χ3v) is 9.66. The Morgan fingerprint density at radius 2 is 1.88 bits per heavy atom. The number of ether oxygens (including phenoxy) is 1. The fourth-order valence-electron chi connectivity index (χ4n) is 6.92. The molecule has 2 aliphatic heterocycles. The molecule has 8 heteroatoms. The summed E-state index contributed by atoms with van der Waals surface area (Å²) in [5.74, 6) is 2.48. The number of para-hydroxylation sites is 1. The van der Waals surface area contributed by atoms with Gasteiger partial charge in [0.1, 0.15) is 5.75 Å². The van der Waals surface area contributed by atoms with E-state index in [0.717, 1.165) is 23.7 Å². The van der Waals surface area contributed by atoms with Crippen molar-refractivity contribution < 1.29 is 9.53 Å². The number of hydrogen-bond donors (Lipinski definition) is 2. The van der Waals surface area contributed by atoms with Crippen LogP contribution in [0.3, 0.4) is 0 Å². The standard InChI is InChI=1S/C32H43N5O2S/c1-6-40-37-31(38)35(5)24-16-17-25-27(18-24)36-19-23(21(2)33-32(3,4)34-37)20-39-28-15-11-10-14-26(28)30(36)29(25)22-12-8-7-9-13-22/h10-11,14-18,21-23,33-34H,6-9,12-13,19-20H2,1-5H3/t21?,23-/m0/s1. The van der Waals surface area contributed by atoms with Gasteiger partial charge in [-0.25, -0.2) is 10.2 Å². The second-order valence-electron chi connectivity index (χ2n) is 12.2. The smallest absolute Gasteiger partial charge is 0.349 e. The Balaban J connectivity index is 1.61. The number of amides is 2. The fourth-order valence-corrected chi connectivity index (χ4v) is 7.70. The maximum absolute atomic E-state index is 13.8. The van der Waals surface area contributed by atoms with Crippen molar-refractivity contribution in [2.75, 3.05) is 24.3 Å². The molecule has 1 aliphatic carbocycles. The van der Waals surface area contributed by atoms with Crippen LogP contribution in [0.1, 0.15) is 71.3 Å². The Labute approximate surface area is 242 Å². The van der Waals surface area contributed by atoms with E-state index in [1.54, 1.807) is 9.31 Å². The van der Waals surface area contributed by atoms with E-state index in [9.17, 15) is 4.79 Å². The minimum atomic E-state index is -0.521. The number of fused-ring (bicyclic) bond motifs is 4. The Hall–Kier alpha value is -2.68. The molecule has 1 unspecified atom stereocenters. The first-order valence-corrected chi connectivity index (χ1v) is 15.9. The van der Waals surface area contributed by atoms with E-state index in [0.29, 0.717) is 12.5 Å². The van der Waals surface area contributed by atoms with E-state index in [1.165, 1.54) is 71.8 Å². The number of carbonyl (C=O) groups is 1. The van der Waals surface area contributed by atoms with Crippen molar-refractivity contribution in [2.45, 2.75) is 84.0 Å². The van der Waals surface area contributed by atoms with E-state index in [4.69, 9.17) is 4.74 Å². The third-order valence-electron chi connectivity index (χ3n) is 8.90. The van der Waals surface area contributed by atoms with Crippen molar-refractivity contribution in [2.24, 2.45) is 5.92 Å². The third kappa shape index (κ3) is 4.99. The summed E-state index contributed by atoms with van der Waals surface area (Å²) in [5.41, 5.74) is 9.01. The molecule has 4 bridgehead atoms. The summed E-state index contributed by atoms with van der Waals surface area (Å²) in [6.07, 6.45) is 6.32. The first-order valence-electron chi connectivity index (χ1n) is 14.9. The molecule has 0 radical (unpaired) electrons. The molecule has 214 valence electrons. The number of carbonyl (C=O) groups excluding carboxylic acids is 1. The van der Waals surface area contributed by atoms with Crippen LogP contribution in [-0.4, -0.2) is 46.1 Å². The van der Waals surface area contributed by atoms with Crippen LogP contribution in [0.2, 0.25) is 0 Å². The van der Waals surface area contributed by atoms with Gasteiger partial charge in [-0.2, -0.15) is 4.41 Å². The molecular formula is C32H43N5O2S. The molecule has 0 spiro atoms. The highest BCUT2D eigenvalue weighted by Crippen LogP contribution is 2.48. The molecular weight excluding hydrogens is 518 g/mol. The number of hydrogen-bond acceptors (Lipinski definition) is 5. The molecule has 1 aromatic heterocycles. The van der Waals surface area contributed by atoms with Crippen LogP contribution in [0, 0.1) is 5.92 Å². The van der Waals surface area contributed by atoms with E-state index in [-0.39, 0.29) is 18.0 Å². The van der Waals surface area contributed by atoms with Crippen LogP contribution in [0.25, 0.3) is 22.2 Å². The number of rotatable bonds is 3. The molecule has 3 aromatic rings. The Morgan fingerprint density at radius 3 is 2.65 bits per heavy atom. The van der Waals surface area contributed by atoms with Gasteiger partial charge in [-0.1, -0.05) is 44.4 Å². The molecule has 2 atom stereocenters. The van der Waals surface area contributed by atoms with Gasteiger partial charge in [-0.15, -0.1) is 0 Å². The van der Waals surface area contributed by atoms with Crippen LogP contribution >= 0.6 is 11.9 Å². The van der Waals surface area contributed by atoms with Crippen LogP contribution < -0.4 is 20.4 Å². The van der Waals surface area contributed by atoms with Gasteiger partial charge < -0.3 is 9.30 Å². The zero-order valence-electron chi connectivity index (χ0n) is 24.5. The summed E-state index contributed by atoms with van der Waals surface area (Å²) in [5, 5.41) is 5.12. The number of benzene rings is 2. The number of urea groups is 1. The van der Waals surface area contributed by atoms with Gasteiger partial charge in [-0.3, -0.25) is 10.2 Å². The van der Waals surface area contributed by atoms with Crippen LogP contribution in [0.5, 0.6) is 5.75 Å². The van der Waals surface area contributed by atoms with Crippen molar-refractivity contribution in [3.05, 3.63) is 48.0 Å². The molecule has 7 nitrogen and oxygen atoms in total. The van der Waals surface area contributed by atoms with Crippen LogP contribution in [0.4, 0.5) is 10.5 Å². The summed E-state index contributed by atoms with van der Waals surface area (Å²) >= 11 is 1.48.